The zero-order valence-corrected chi connectivity index (χ0v) is 19.3. The summed E-state index contributed by atoms with van der Waals surface area (Å²) in [6.07, 6.45) is -0.405. The van der Waals surface area contributed by atoms with Gasteiger partial charge in [0.1, 0.15) is 0 Å². The normalized spacial score (nSPS) is 11.8. The Morgan fingerprint density at radius 1 is 1.20 bits per heavy atom. The van der Waals surface area contributed by atoms with Crippen LogP contribution >= 0.6 is 35.3 Å². The van der Waals surface area contributed by atoms with Gasteiger partial charge in [-0.3, -0.25) is 0 Å². The second-order valence-corrected chi connectivity index (χ2v) is 7.06. The monoisotopic (exact) mass is 550 g/mol. The topological polar surface area (TPSA) is 67.1 Å². The second kappa shape index (κ2) is 11.3. The van der Waals surface area contributed by atoms with Crippen LogP contribution in [0.5, 0.6) is 0 Å². The molecule has 162 valence electrons. The minimum absolute atomic E-state index is 0. The van der Waals surface area contributed by atoms with Crippen LogP contribution in [-0.4, -0.2) is 33.8 Å². The fraction of sp³-hybridized carbons (Fsp3) is 0.316. The standard InChI is InChI=1S/C19H21F3N6S.HI/c1-2-23-18(24-10-8-17-27-16(13-29-17)19(20,21)22)25-12-14-4-6-15(7-5-14)28-11-3-9-26-28;/h3-7,9,11,13H,2,8,10,12H2,1H3,(H2,23,24,25);1H. The lowest BCUT2D eigenvalue weighted by atomic mass is 10.2. The van der Waals surface area contributed by atoms with Crippen LogP contribution in [0.15, 0.2) is 53.1 Å². The number of alkyl halides is 3. The summed E-state index contributed by atoms with van der Waals surface area (Å²) in [5.41, 5.74) is 1.17. The Morgan fingerprint density at radius 3 is 2.57 bits per heavy atom. The molecule has 30 heavy (non-hydrogen) atoms. The van der Waals surface area contributed by atoms with Crippen molar-refractivity contribution in [1.82, 2.24) is 25.4 Å². The average Bonchev–Trinajstić information content (AvgIpc) is 3.38. The van der Waals surface area contributed by atoms with E-state index >= 15 is 0 Å². The maximum absolute atomic E-state index is 12.6. The first kappa shape index (κ1) is 24.1. The summed E-state index contributed by atoms with van der Waals surface area (Å²) in [5, 5.41) is 11.9. The number of thiazole rings is 1. The molecule has 0 unspecified atom stereocenters. The van der Waals surface area contributed by atoms with E-state index in [-0.39, 0.29) is 24.0 Å². The number of nitrogens with one attached hydrogen (secondary N) is 2. The third-order valence-electron chi connectivity index (χ3n) is 3.94. The number of aliphatic imine (C=N–C) groups is 1. The number of hydrogen-bond acceptors (Lipinski definition) is 4. The number of rotatable bonds is 7. The second-order valence-electron chi connectivity index (χ2n) is 6.11. The van der Waals surface area contributed by atoms with E-state index < -0.39 is 11.9 Å². The van der Waals surface area contributed by atoms with E-state index in [1.807, 2.05) is 43.5 Å². The quantitative estimate of drug-likeness (QED) is 0.262. The summed E-state index contributed by atoms with van der Waals surface area (Å²) >= 11 is 1.01. The van der Waals surface area contributed by atoms with Crippen LogP contribution in [0.4, 0.5) is 13.2 Å². The smallest absolute Gasteiger partial charge is 0.357 e. The molecule has 0 fully saturated rings. The first-order valence-electron chi connectivity index (χ1n) is 9.08. The van der Waals surface area contributed by atoms with E-state index in [4.69, 9.17) is 0 Å². The summed E-state index contributed by atoms with van der Waals surface area (Å²) in [7, 11) is 0. The van der Waals surface area contributed by atoms with Crippen molar-refractivity contribution >= 4 is 41.3 Å². The molecule has 2 N–H and O–H groups in total. The van der Waals surface area contributed by atoms with E-state index in [1.165, 1.54) is 0 Å². The Labute approximate surface area is 193 Å². The maximum atomic E-state index is 12.6. The third kappa shape index (κ3) is 6.97. The molecule has 6 nitrogen and oxygen atoms in total. The van der Waals surface area contributed by atoms with Gasteiger partial charge in [0, 0.05) is 37.3 Å². The molecular formula is C19H22F3IN6S. The van der Waals surface area contributed by atoms with Gasteiger partial charge >= 0.3 is 6.18 Å². The summed E-state index contributed by atoms with van der Waals surface area (Å²) in [6, 6.07) is 9.77. The largest absolute Gasteiger partial charge is 0.434 e. The van der Waals surface area contributed by atoms with Crippen LogP contribution in [0.1, 0.15) is 23.2 Å². The van der Waals surface area contributed by atoms with E-state index in [9.17, 15) is 13.2 Å². The molecule has 0 saturated carbocycles. The van der Waals surface area contributed by atoms with Crippen LogP contribution in [0.25, 0.3) is 5.69 Å². The molecule has 0 amide bonds. The first-order valence-corrected chi connectivity index (χ1v) is 9.96. The molecule has 1 aromatic carbocycles. The molecule has 2 aromatic heterocycles. The van der Waals surface area contributed by atoms with Crippen molar-refractivity contribution in [2.75, 3.05) is 13.1 Å². The van der Waals surface area contributed by atoms with Crippen molar-refractivity contribution in [3.63, 3.8) is 0 Å². The molecule has 2 heterocycles. The van der Waals surface area contributed by atoms with Gasteiger partial charge in [-0.1, -0.05) is 12.1 Å². The molecule has 0 radical (unpaired) electrons. The van der Waals surface area contributed by atoms with Gasteiger partial charge in [0.2, 0.25) is 0 Å². The van der Waals surface area contributed by atoms with E-state index in [1.54, 1.807) is 10.9 Å². The molecule has 0 aliphatic rings. The van der Waals surface area contributed by atoms with Crippen molar-refractivity contribution in [1.29, 1.82) is 0 Å². The number of halogens is 4. The molecule has 0 spiro atoms. The van der Waals surface area contributed by atoms with E-state index in [0.717, 1.165) is 28.0 Å². The van der Waals surface area contributed by atoms with Crippen molar-refractivity contribution in [2.24, 2.45) is 4.99 Å². The summed E-state index contributed by atoms with van der Waals surface area (Å²) in [6.45, 7) is 3.55. The molecule has 11 heteroatoms. The number of benzene rings is 1. The van der Waals surface area contributed by atoms with Gasteiger partial charge in [0.05, 0.1) is 17.2 Å². The van der Waals surface area contributed by atoms with Crippen molar-refractivity contribution in [2.45, 2.75) is 26.1 Å². The maximum Gasteiger partial charge on any atom is 0.434 e. The fourth-order valence-electron chi connectivity index (χ4n) is 2.53. The fourth-order valence-corrected chi connectivity index (χ4v) is 3.34. The van der Waals surface area contributed by atoms with Gasteiger partial charge in [-0.05, 0) is 30.7 Å². The Balaban J connectivity index is 0.00000320. The van der Waals surface area contributed by atoms with Gasteiger partial charge in [-0.2, -0.15) is 18.3 Å². The summed E-state index contributed by atoms with van der Waals surface area (Å²) < 4.78 is 39.6. The highest BCUT2D eigenvalue weighted by Gasteiger charge is 2.33. The van der Waals surface area contributed by atoms with Gasteiger partial charge < -0.3 is 10.6 Å². The Bertz CT molecular complexity index is 923. The predicted octanol–water partition coefficient (Wildman–Crippen LogP) is 4.26. The highest BCUT2D eigenvalue weighted by atomic mass is 127. The lowest BCUT2D eigenvalue weighted by Crippen LogP contribution is -2.38. The van der Waals surface area contributed by atoms with Crippen LogP contribution in [0.3, 0.4) is 0 Å². The summed E-state index contributed by atoms with van der Waals surface area (Å²) in [4.78, 5) is 8.16. The van der Waals surface area contributed by atoms with Gasteiger partial charge in [-0.15, -0.1) is 35.3 Å². The molecule has 0 atom stereocenters. The van der Waals surface area contributed by atoms with Crippen LogP contribution < -0.4 is 10.6 Å². The summed E-state index contributed by atoms with van der Waals surface area (Å²) in [5.74, 6) is 0.608. The zero-order valence-electron chi connectivity index (χ0n) is 16.2. The van der Waals surface area contributed by atoms with Gasteiger partial charge in [0.15, 0.2) is 11.7 Å². The molecule has 3 rings (SSSR count). The van der Waals surface area contributed by atoms with Crippen molar-refractivity contribution in [3.8, 4) is 5.69 Å². The average molecular weight is 550 g/mol. The third-order valence-corrected chi connectivity index (χ3v) is 4.85. The lowest BCUT2D eigenvalue weighted by molar-refractivity contribution is -0.140. The van der Waals surface area contributed by atoms with Gasteiger partial charge in [-0.25, -0.2) is 14.7 Å². The number of aromatic nitrogens is 3. The lowest BCUT2D eigenvalue weighted by Gasteiger charge is -2.11. The van der Waals surface area contributed by atoms with Crippen LogP contribution in [0, 0.1) is 0 Å². The zero-order chi connectivity index (χ0) is 20.7. The molecular weight excluding hydrogens is 528 g/mol. The molecule has 0 aliphatic carbocycles. The Kier molecular flexibility index (Phi) is 9.08. The number of hydrogen-bond donors (Lipinski definition) is 2. The molecule has 0 saturated heterocycles. The minimum Gasteiger partial charge on any atom is -0.357 e. The molecule has 3 aromatic rings. The number of guanidine groups is 1. The molecule has 0 aliphatic heterocycles. The van der Waals surface area contributed by atoms with Gasteiger partial charge in [0.25, 0.3) is 0 Å². The minimum atomic E-state index is -4.40. The molecule has 0 bridgehead atoms. The highest BCUT2D eigenvalue weighted by molar-refractivity contribution is 14.0. The Morgan fingerprint density at radius 2 is 1.97 bits per heavy atom. The first-order chi connectivity index (χ1) is 14.0. The van der Waals surface area contributed by atoms with Crippen LogP contribution in [-0.2, 0) is 19.1 Å². The van der Waals surface area contributed by atoms with E-state index in [2.05, 4.69) is 25.7 Å². The highest BCUT2D eigenvalue weighted by Crippen LogP contribution is 2.29. The van der Waals surface area contributed by atoms with Crippen molar-refractivity contribution < 1.29 is 13.2 Å². The Hall–Kier alpha value is -2.15. The van der Waals surface area contributed by atoms with Crippen LogP contribution in [0.2, 0.25) is 0 Å². The predicted molar refractivity (Wildman–Crippen MR) is 123 cm³/mol. The number of nitrogens with zero attached hydrogens (tertiary/aromatic N) is 4. The van der Waals surface area contributed by atoms with Crippen molar-refractivity contribution in [3.05, 3.63) is 64.4 Å². The van der Waals surface area contributed by atoms with E-state index in [0.29, 0.717) is 37.0 Å². The SMILES string of the molecule is CCNC(=NCc1ccc(-n2cccn2)cc1)NCCc1nc(C(F)(F)F)cs1.I.